The lowest BCUT2D eigenvalue weighted by Gasteiger charge is -2.26. The lowest BCUT2D eigenvalue weighted by atomic mass is 9.87. The fourth-order valence-corrected chi connectivity index (χ4v) is 3.41. The summed E-state index contributed by atoms with van der Waals surface area (Å²) >= 11 is 0. The van der Waals surface area contributed by atoms with E-state index in [1.54, 1.807) is 0 Å². The van der Waals surface area contributed by atoms with Gasteiger partial charge in [0.15, 0.2) is 0 Å². The summed E-state index contributed by atoms with van der Waals surface area (Å²) < 4.78 is 5.68. The van der Waals surface area contributed by atoms with Crippen LogP contribution in [0.2, 0.25) is 0 Å². The van der Waals surface area contributed by atoms with Crippen molar-refractivity contribution >= 4 is 5.97 Å². The molecule has 2 aliphatic rings. The van der Waals surface area contributed by atoms with E-state index in [4.69, 9.17) is 10.00 Å². The molecular weight excluding hydrogens is 250 g/mol. The number of nitriles is 1. The third-order valence-electron chi connectivity index (χ3n) is 4.81. The van der Waals surface area contributed by atoms with Crippen molar-refractivity contribution in [3.8, 4) is 6.07 Å². The van der Waals surface area contributed by atoms with E-state index in [-0.39, 0.29) is 35.2 Å². The van der Waals surface area contributed by atoms with Gasteiger partial charge in [0.25, 0.3) is 0 Å². The number of esters is 1. The number of ether oxygens (including phenoxy) is 1. The third kappa shape index (κ3) is 2.90. The number of nitrogens with zero attached hydrogens (tertiary/aromatic N) is 1. The monoisotopic (exact) mass is 275 g/mol. The molecule has 4 unspecified atom stereocenters. The topological polar surface area (TPSA) is 50.1 Å². The van der Waals surface area contributed by atoms with Gasteiger partial charge in [-0.25, -0.2) is 0 Å². The highest BCUT2D eigenvalue weighted by atomic mass is 16.5. The Balaban J connectivity index is 1.99. The predicted octanol–water partition coefficient (Wildman–Crippen LogP) is 3.85. The first-order chi connectivity index (χ1) is 9.37. The van der Waals surface area contributed by atoms with Gasteiger partial charge in [0.1, 0.15) is 6.10 Å². The molecule has 0 N–H and O–H groups in total. The number of hydrogen-bond acceptors (Lipinski definition) is 3. The van der Waals surface area contributed by atoms with Gasteiger partial charge in [0, 0.05) is 0 Å². The van der Waals surface area contributed by atoms with E-state index >= 15 is 0 Å². The van der Waals surface area contributed by atoms with Crippen LogP contribution in [0.5, 0.6) is 0 Å². The quantitative estimate of drug-likeness (QED) is 0.580. The normalized spacial score (nSPS) is 34.8. The average Bonchev–Trinajstić information content (AvgIpc) is 2.90. The van der Waals surface area contributed by atoms with Gasteiger partial charge in [-0.05, 0) is 44.4 Å². The zero-order valence-corrected chi connectivity index (χ0v) is 13.0. The van der Waals surface area contributed by atoms with Crippen LogP contribution in [0.25, 0.3) is 0 Å². The van der Waals surface area contributed by atoms with E-state index in [9.17, 15) is 4.79 Å². The maximum absolute atomic E-state index is 12.4. The summed E-state index contributed by atoms with van der Waals surface area (Å²) in [6.07, 6.45) is 5.81. The molecule has 0 radical (unpaired) electrons. The van der Waals surface area contributed by atoms with E-state index in [2.05, 4.69) is 39.8 Å². The molecule has 0 aliphatic heterocycles. The summed E-state index contributed by atoms with van der Waals surface area (Å²) in [5, 5.41) is 9.15. The van der Waals surface area contributed by atoms with Gasteiger partial charge in [-0.1, -0.05) is 31.9 Å². The van der Waals surface area contributed by atoms with Crippen molar-refractivity contribution in [2.75, 3.05) is 0 Å². The smallest absolute Gasteiger partial charge is 0.310 e. The first-order valence-electron chi connectivity index (χ1n) is 7.63. The fraction of sp³-hybridized carbons (Fsp3) is 0.765. The summed E-state index contributed by atoms with van der Waals surface area (Å²) in [7, 11) is 0. The molecule has 2 saturated carbocycles. The fourth-order valence-electron chi connectivity index (χ4n) is 3.41. The summed E-state index contributed by atoms with van der Waals surface area (Å²) in [4.78, 5) is 12.4. The second-order valence-electron chi connectivity index (χ2n) is 7.06. The molecule has 0 aromatic heterocycles. The Morgan fingerprint density at radius 1 is 1.30 bits per heavy atom. The minimum Gasteiger partial charge on any atom is -0.461 e. The van der Waals surface area contributed by atoms with Gasteiger partial charge >= 0.3 is 5.97 Å². The van der Waals surface area contributed by atoms with Crippen molar-refractivity contribution in [1.82, 2.24) is 0 Å². The van der Waals surface area contributed by atoms with Crippen LogP contribution in [0.1, 0.15) is 53.4 Å². The maximum Gasteiger partial charge on any atom is 0.310 e. The van der Waals surface area contributed by atoms with Crippen molar-refractivity contribution in [2.24, 2.45) is 23.2 Å². The van der Waals surface area contributed by atoms with Gasteiger partial charge in [0.05, 0.1) is 17.9 Å². The highest BCUT2D eigenvalue weighted by Crippen LogP contribution is 2.60. The van der Waals surface area contributed by atoms with Crippen LogP contribution >= 0.6 is 0 Å². The summed E-state index contributed by atoms with van der Waals surface area (Å²) in [6.45, 7) is 8.35. The van der Waals surface area contributed by atoms with Crippen LogP contribution in [-0.2, 0) is 9.53 Å². The Morgan fingerprint density at radius 3 is 2.55 bits per heavy atom. The molecule has 0 aromatic rings. The van der Waals surface area contributed by atoms with E-state index in [0.717, 1.165) is 25.7 Å². The molecule has 2 fully saturated rings. The van der Waals surface area contributed by atoms with Gasteiger partial charge in [-0.2, -0.15) is 5.26 Å². The highest BCUT2D eigenvalue weighted by Gasteiger charge is 2.61. The van der Waals surface area contributed by atoms with Gasteiger partial charge in [-0.3, -0.25) is 4.79 Å². The van der Waals surface area contributed by atoms with Gasteiger partial charge in [-0.15, -0.1) is 0 Å². The zero-order valence-electron chi connectivity index (χ0n) is 13.0. The molecule has 0 bridgehead atoms. The molecule has 0 aromatic carbocycles. The number of allylic oxidation sites excluding steroid dienone is 2. The molecular formula is C17H25NO2. The number of carbonyl (C=O) groups is 1. The number of rotatable bonds is 3. The van der Waals surface area contributed by atoms with Crippen molar-refractivity contribution in [3.63, 3.8) is 0 Å². The standard InChI is InChI=1S/C17H25NO2/c1-11(2)9-13-15(17(13,3)4)16(19)20-14-8-6-5-7-12(14)10-18/h9,12-15H,5-8H2,1-4H3. The molecule has 3 nitrogen and oxygen atoms in total. The van der Waals surface area contributed by atoms with Crippen LogP contribution in [-0.4, -0.2) is 12.1 Å². The third-order valence-corrected chi connectivity index (χ3v) is 4.81. The van der Waals surface area contributed by atoms with E-state index in [0.29, 0.717) is 0 Å². The van der Waals surface area contributed by atoms with E-state index < -0.39 is 0 Å². The first kappa shape index (κ1) is 15.1. The first-order valence-corrected chi connectivity index (χ1v) is 7.63. The molecule has 0 heterocycles. The summed E-state index contributed by atoms with van der Waals surface area (Å²) in [5.41, 5.74) is 1.23. The largest absolute Gasteiger partial charge is 0.461 e. The van der Waals surface area contributed by atoms with Crippen molar-refractivity contribution in [2.45, 2.75) is 59.5 Å². The maximum atomic E-state index is 12.4. The molecule has 2 aliphatic carbocycles. The van der Waals surface area contributed by atoms with E-state index in [1.165, 1.54) is 5.57 Å². The minimum absolute atomic E-state index is 0.00877. The highest BCUT2D eigenvalue weighted by molar-refractivity contribution is 5.78. The summed E-state index contributed by atoms with van der Waals surface area (Å²) in [6, 6.07) is 2.29. The Kier molecular flexibility index (Phi) is 4.22. The van der Waals surface area contributed by atoms with Crippen LogP contribution in [0.15, 0.2) is 11.6 Å². The predicted molar refractivity (Wildman–Crippen MR) is 77.6 cm³/mol. The number of hydrogen-bond donors (Lipinski definition) is 0. The lowest BCUT2D eigenvalue weighted by molar-refractivity contribution is -0.155. The lowest BCUT2D eigenvalue weighted by Crippen LogP contribution is -2.30. The van der Waals surface area contributed by atoms with Gasteiger partial charge in [0.2, 0.25) is 0 Å². The van der Waals surface area contributed by atoms with Crippen molar-refractivity contribution < 1.29 is 9.53 Å². The van der Waals surface area contributed by atoms with Crippen molar-refractivity contribution in [1.29, 1.82) is 5.26 Å². The molecule has 20 heavy (non-hydrogen) atoms. The molecule has 0 spiro atoms. The molecule has 3 heteroatoms. The molecule has 2 rings (SSSR count). The average molecular weight is 275 g/mol. The molecule has 0 saturated heterocycles. The second kappa shape index (κ2) is 5.60. The Morgan fingerprint density at radius 2 is 1.95 bits per heavy atom. The van der Waals surface area contributed by atoms with E-state index in [1.807, 2.05) is 0 Å². The van der Waals surface area contributed by atoms with Crippen molar-refractivity contribution in [3.05, 3.63) is 11.6 Å². The minimum atomic E-state index is -0.190. The number of carbonyl (C=O) groups excluding carboxylic acids is 1. The van der Waals surface area contributed by atoms with Gasteiger partial charge < -0.3 is 4.74 Å². The van der Waals surface area contributed by atoms with Crippen LogP contribution in [0, 0.1) is 34.5 Å². The Hall–Kier alpha value is -1.30. The zero-order chi connectivity index (χ0) is 14.9. The second-order valence-corrected chi connectivity index (χ2v) is 7.06. The van der Waals surface area contributed by atoms with Crippen LogP contribution in [0.4, 0.5) is 0 Å². The molecule has 0 amide bonds. The Labute approximate surface area is 122 Å². The van der Waals surface area contributed by atoms with Crippen LogP contribution in [0.3, 0.4) is 0 Å². The molecule has 110 valence electrons. The van der Waals surface area contributed by atoms with Crippen LogP contribution < -0.4 is 0 Å². The molecule has 4 atom stereocenters. The SMILES string of the molecule is CC(C)=CC1C(C(=O)OC2CCCCC2C#N)C1(C)C. The summed E-state index contributed by atoms with van der Waals surface area (Å²) in [5.74, 6) is 0.0175. The Bertz CT molecular complexity index is 454.